The fourth-order valence-corrected chi connectivity index (χ4v) is 0.736. The number of rotatable bonds is 3. The first-order valence-electron chi connectivity index (χ1n) is 4.31. The number of hydrogen-bond acceptors (Lipinski definition) is 3. The molecule has 0 radical (unpaired) electrons. The van der Waals surface area contributed by atoms with Crippen LogP contribution in [0.15, 0.2) is 0 Å². The molecule has 0 fully saturated rings. The molecule has 5 heteroatoms. The predicted octanol–water partition coefficient (Wildman–Crippen LogP) is 0.906. The second-order valence-corrected chi connectivity index (χ2v) is 2.54. The van der Waals surface area contributed by atoms with Crippen LogP contribution >= 0.6 is 0 Å². The van der Waals surface area contributed by atoms with E-state index in [1.165, 1.54) is 7.05 Å². The molecule has 13 heavy (non-hydrogen) atoms. The molecule has 0 atom stereocenters. The van der Waals surface area contributed by atoms with Gasteiger partial charge in [0.15, 0.2) is 0 Å². The Morgan fingerprint density at radius 1 is 1.38 bits per heavy atom. The lowest BCUT2D eigenvalue weighted by atomic mass is 10.3. The lowest BCUT2D eigenvalue weighted by molar-refractivity contribution is -0.124. The Morgan fingerprint density at radius 2 is 2.00 bits per heavy atom. The molecule has 0 rings (SSSR count). The summed E-state index contributed by atoms with van der Waals surface area (Å²) >= 11 is 0. The molecule has 0 aliphatic heterocycles. The van der Waals surface area contributed by atoms with Crippen molar-refractivity contribution in [2.75, 3.05) is 13.7 Å². The molecule has 76 valence electrons. The fraction of sp³-hybridized carbons (Fsp3) is 0.750. The van der Waals surface area contributed by atoms with Gasteiger partial charge in [-0.3, -0.25) is 10.2 Å². The summed E-state index contributed by atoms with van der Waals surface area (Å²) < 4.78 is 4.65. The zero-order valence-electron chi connectivity index (χ0n) is 8.29. The van der Waals surface area contributed by atoms with Gasteiger partial charge in [-0.15, -0.1) is 0 Å². The van der Waals surface area contributed by atoms with Gasteiger partial charge in [-0.2, -0.15) is 0 Å². The van der Waals surface area contributed by atoms with E-state index in [0.717, 1.165) is 11.4 Å². The van der Waals surface area contributed by atoms with Crippen LogP contribution in [-0.4, -0.2) is 30.7 Å². The van der Waals surface area contributed by atoms with Crippen LogP contribution in [0, 0.1) is 0 Å². The van der Waals surface area contributed by atoms with E-state index in [2.05, 4.69) is 10.2 Å². The molecule has 0 aromatic carbocycles. The molecule has 5 nitrogen and oxygen atoms in total. The van der Waals surface area contributed by atoms with Gasteiger partial charge in [0.05, 0.1) is 6.61 Å². The molecule has 0 aliphatic rings. The number of nitrogens with zero attached hydrogens (tertiary/aromatic N) is 1. The zero-order chi connectivity index (χ0) is 10.3. The molecule has 0 unspecified atom stereocenters. The summed E-state index contributed by atoms with van der Waals surface area (Å²) in [5, 5.41) is 1.04. The van der Waals surface area contributed by atoms with Crippen LogP contribution in [0.4, 0.5) is 4.79 Å². The average Bonchev–Trinajstić information content (AvgIpc) is 2.05. The molecular weight excluding hydrogens is 172 g/mol. The van der Waals surface area contributed by atoms with Crippen LogP contribution in [0.3, 0.4) is 0 Å². The van der Waals surface area contributed by atoms with Gasteiger partial charge in [-0.1, -0.05) is 6.92 Å². The number of carbonyl (C=O) groups is 2. The highest BCUT2D eigenvalue weighted by Crippen LogP contribution is 1.89. The average molecular weight is 188 g/mol. The first-order valence-corrected chi connectivity index (χ1v) is 4.31. The van der Waals surface area contributed by atoms with Crippen molar-refractivity contribution < 1.29 is 14.3 Å². The highest BCUT2D eigenvalue weighted by atomic mass is 16.6. The summed E-state index contributed by atoms with van der Waals surface area (Å²) in [6.45, 7) is 3.90. The van der Waals surface area contributed by atoms with Gasteiger partial charge < -0.3 is 4.74 Å². The van der Waals surface area contributed by atoms with Crippen LogP contribution in [0.2, 0.25) is 0 Å². The minimum Gasteiger partial charge on any atom is -0.449 e. The Morgan fingerprint density at radius 3 is 2.46 bits per heavy atom. The number of amides is 2. The summed E-state index contributed by atoms with van der Waals surface area (Å²) in [6, 6.07) is 0. The van der Waals surface area contributed by atoms with Crippen molar-refractivity contribution in [1.29, 1.82) is 0 Å². The van der Waals surface area contributed by atoms with E-state index in [4.69, 9.17) is 0 Å². The maximum Gasteiger partial charge on any atom is 0.428 e. The normalized spacial score (nSPS) is 9.15. The monoisotopic (exact) mass is 188 g/mol. The van der Waals surface area contributed by atoms with Crippen molar-refractivity contribution in [2.24, 2.45) is 0 Å². The van der Waals surface area contributed by atoms with Crippen LogP contribution in [0.5, 0.6) is 0 Å². The van der Waals surface area contributed by atoms with Gasteiger partial charge in [0.1, 0.15) is 0 Å². The Balaban J connectivity index is 3.78. The lowest BCUT2D eigenvalue weighted by Gasteiger charge is -2.16. The molecule has 0 aliphatic carbocycles. The molecule has 2 amide bonds. The molecule has 0 saturated carbocycles. The third kappa shape index (κ3) is 5.05. The molecule has 0 bridgehead atoms. The summed E-state index contributed by atoms with van der Waals surface area (Å²) in [7, 11) is 1.45. The number of carbonyl (C=O) groups excluding carboxylic acids is 2. The van der Waals surface area contributed by atoms with Gasteiger partial charge >= 0.3 is 6.09 Å². The van der Waals surface area contributed by atoms with E-state index in [-0.39, 0.29) is 5.91 Å². The molecule has 0 aromatic rings. The SMILES string of the molecule is CCCC(=O)NN(C)C(=O)OCC. The second-order valence-electron chi connectivity index (χ2n) is 2.54. The van der Waals surface area contributed by atoms with Gasteiger partial charge in [0, 0.05) is 13.5 Å². The minimum atomic E-state index is -0.549. The third-order valence-corrected chi connectivity index (χ3v) is 1.31. The van der Waals surface area contributed by atoms with E-state index in [1.54, 1.807) is 6.92 Å². The van der Waals surface area contributed by atoms with Crippen LogP contribution in [0.1, 0.15) is 26.7 Å². The molecular formula is C8H16N2O3. The standard InChI is InChI=1S/C8H16N2O3/c1-4-6-7(11)9-10(3)8(12)13-5-2/h4-6H2,1-3H3,(H,9,11). The first kappa shape index (κ1) is 11.7. The summed E-state index contributed by atoms with van der Waals surface area (Å²) in [4.78, 5) is 22.0. The summed E-state index contributed by atoms with van der Waals surface area (Å²) in [5.41, 5.74) is 2.39. The van der Waals surface area contributed by atoms with E-state index >= 15 is 0 Å². The van der Waals surface area contributed by atoms with Crippen molar-refractivity contribution in [1.82, 2.24) is 10.4 Å². The van der Waals surface area contributed by atoms with E-state index in [9.17, 15) is 9.59 Å². The fourth-order valence-electron chi connectivity index (χ4n) is 0.736. The van der Waals surface area contributed by atoms with Gasteiger partial charge in [0.2, 0.25) is 5.91 Å². The molecule has 1 N–H and O–H groups in total. The quantitative estimate of drug-likeness (QED) is 0.669. The Kier molecular flexibility index (Phi) is 5.67. The first-order chi connectivity index (χ1) is 6.11. The largest absolute Gasteiger partial charge is 0.449 e. The third-order valence-electron chi connectivity index (χ3n) is 1.31. The van der Waals surface area contributed by atoms with Crippen LogP contribution < -0.4 is 5.43 Å². The maximum absolute atomic E-state index is 11.0. The maximum atomic E-state index is 11.0. The van der Waals surface area contributed by atoms with E-state index < -0.39 is 6.09 Å². The predicted molar refractivity (Wildman–Crippen MR) is 47.8 cm³/mol. The summed E-state index contributed by atoms with van der Waals surface area (Å²) in [6.07, 6.45) is 0.610. The van der Waals surface area contributed by atoms with Gasteiger partial charge in [0.25, 0.3) is 0 Å². The molecule has 0 saturated heterocycles. The molecule has 0 heterocycles. The smallest absolute Gasteiger partial charge is 0.428 e. The van der Waals surface area contributed by atoms with Crippen LogP contribution in [-0.2, 0) is 9.53 Å². The zero-order valence-corrected chi connectivity index (χ0v) is 8.29. The van der Waals surface area contributed by atoms with E-state index in [1.807, 2.05) is 6.92 Å². The second kappa shape index (κ2) is 6.28. The highest BCUT2D eigenvalue weighted by Gasteiger charge is 2.10. The number of ether oxygens (including phenoxy) is 1. The number of nitrogens with one attached hydrogen (secondary N) is 1. The highest BCUT2D eigenvalue weighted by molar-refractivity contribution is 5.78. The van der Waals surface area contributed by atoms with Gasteiger partial charge in [-0.25, -0.2) is 9.80 Å². The van der Waals surface area contributed by atoms with Crippen molar-refractivity contribution in [3.63, 3.8) is 0 Å². The number of hydrogen-bond donors (Lipinski definition) is 1. The minimum absolute atomic E-state index is 0.182. The van der Waals surface area contributed by atoms with E-state index in [0.29, 0.717) is 13.0 Å². The summed E-state index contributed by atoms with van der Waals surface area (Å²) in [5.74, 6) is -0.182. The Labute approximate surface area is 78.0 Å². The van der Waals surface area contributed by atoms with Crippen molar-refractivity contribution >= 4 is 12.0 Å². The lowest BCUT2D eigenvalue weighted by Crippen LogP contribution is -2.43. The molecule has 0 aromatic heterocycles. The van der Waals surface area contributed by atoms with Crippen molar-refractivity contribution in [2.45, 2.75) is 26.7 Å². The van der Waals surface area contributed by atoms with Crippen molar-refractivity contribution in [3.05, 3.63) is 0 Å². The van der Waals surface area contributed by atoms with Crippen LogP contribution in [0.25, 0.3) is 0 Å². The Bertz CT molecular complexity index is 182. The number of hydrazine groups is 1. The van der Waals surface area contributed by atoms with Crippen molar-refractivity contribution in [3.8, 4) is 0 Å². The Hall–Kier alpha value is -1.26. The topological polar surface area (TPSA) is 58.6 Å². The molecule has 0 spiro atoms. The van der Waals surface area contributed by atoms with Gasteiger partial charge in [-0.05, 0) is 13.3 Å².